The van der Waals surface area contributed by atoms with E-state index in [-0.39, 0.29) is 23.7 Å². The second-order valence-corrected chi connectivity index (χ2v) is 9.17. The second kappa shape index (κ2) is 9.47. The van der Waals surface area contributed by atoms with Crippen LogP contribution in [-0.2, 0) is 14.8 Å². The number of carbonyl (C=O) groups excluding carboxylic acids is 1. The third-order valence-electron chi connectivity index (χ3n) is 4.95. The van der Waals surface area contributed by atoms with Crippen molar-refractivity contribution in [3.63, 3.8) is 0 Å². The highest BCUT2D eigenvalue weighted by Gasteiger charge is 2.27. The molecule has 1 aliphatic rings. The van der Waals surface area contributed by atoms with E-state index >= 15 is 0 Å². The van der Waals surface area contributed by atoms with Gasteiger partial charge in [0, 0.05) is 25.0 Å². The van der Waals surface area contributed by atoms with Crippen LogP contribution < -0.4 is 10.1 Å². The molecular weight excluding hydrogens is 430 g/mol. The molecule has 32 heavy (non-hydrogen) atoms. The SMILES string of the molecule is Cc1ccc(C(=O)Nc2cc(S(=O)(=O)N3CCOCC3)ccc2Oc2ccccc2)cn1. The van der Waals surface area contributed by atoms with Gasteiger partial charge in [-0.15, -0.1) is 0 Å². The highest BCUT2D eigenvalue weighted by molar-refractivity contribution is 7.89. The number of pyridine rings is 1. The predicted octanol–water partition coefficient (Wildman–Crippen LogP) is 3.46. The average molecular weight is 454 g/mol. The van der Waals surface area contributed by atoms with E-state index in [2.05, 4.69) is 10.3 Å². The molecule has 3 aromatic rings. The first-order chi connectivity index (χ1) is 15.4. The lowest BCUT2D eigenvalue weighted by atomic mass is 10.2. The summed E-state index contributed by atoms with van der Waals surface area (Å²) in [5.74, 6) is 0.464. The standard InChI is InChI=1S/C23H23N3O5S/c1-17-7-8-18(16-24-17)23(27)25-21-15-20(32(28,29)26-11-13-30-14-12-26)9-10-22(21)31-19-5-3-2-4-6-19/h2-10,15-16H,11-14H2,1H3,(H,25,27). The molecular formula is C23H23N3O5S. The number of ether oxygens (including phenoxy) is 2. The van der Waals surface area contributed by atoms with Crippen LogP contribution in [0.2, 0.25) is 0 Å². The Morgan fingerprint density at radius 1 is 1.06 bits per heavy atom. The number of para-hydroxylation sites is 1. The highest BCUT2D eigenvalue weighted by atomic mass is 32.2. The third kappa shape index (κ3) is 4.96. The van der Waals surface area contributed by atoms with Gasteiger partial charge in [-0.25, -0.2) is 8.42 Å². The second-order valence-electron chi connectivity index (χ2n) is 7.23. The number of nitrogens with one attached hydrogen (secondary N) is 1. The molecule has 2 aromatic carbocycles. The topological polar surface area (TPSA) is 97.8 Å². The lowest BCUT2D eigenvalue weighted by Crippen LogP contribution is -2.40. The Hall–Kier alpha value is -3.27. The van der Waals surface area contributed by atoms with Crippen LogP contribution in [0, 0.1) is 6.92 Å². The maximum absolute atomic E-state index is 13.1. The van der Waals surface area contributed by atoms with Gasteiger partial charge in [-0.3, -0.25) is 9.78 Å². The number of nitrogens with zero attached hydrogens (tertiary/aromatic N) is 2. The summed E-state index contributed by atoms with van der Waals surface area (Å²) in [5, 5.41) is 2.77. The Bertz CT molecular complexity index is 1190. The number of hydrogen-bond acceptors (Lipinski definition) is 6. The third-order valence-corrected chi connectivity index (χ3v) is 6.85. The number of anilines is 1. The molecule has 2 heterocycles. The molecule has 0 saturated carbocycles. The Kier molecular flexibility index (Phi) is 6.50. The van der Waals surface area contributed by atoms with E-state index in [1.807, 2.05) is 25.1 Å². The van der Waals surface area contributed by atoms with Crippen molar-refractivity contribution in [1.29, 1.82) is 0 Å². The molecule has 1 N–H and O–H groups in total. The van der Waals surface area contributed by atoms with Gasteiger partial charge >= 0.3 is 0 Å². The van der Waals surface area contributed by atoms with Crippen LogP contribution in [0.3, 0.4) is 0 Å². The summed E-state index contributed by atoms with van der Waals surface area (Å²) >= 11 is 0. The Balaban J connectivity index is 1.68. The number of aryl methyl sites for hydroxylation is 1. The van der Waals surface area contributed by atoms with Gasteiger partial charge in [-0.05, 0) is 49.4 Å². The molecule has 0 bridgehead atoms. The first-order valence-corrected chi connectivity index (χ1v) is 11.6. The van der Waals surface area contributed by atoms with Crippen molar-refractivity contribution in [2.45, 2.75) is 11.8 Å². The van der Waals surface area contributed by atoms with Gasteiger partial charge in [0.15, 0.2) is 5.75 Å². The largest absolute Gasteiger partial charge is 0.455 e. The lowest BCUT2D eigenvalue weighted by molar-refractivity contribution is 0.0730. The molecule has 1 aliphatic heterocycles. The fourth-order valence-electron chi connectivity index (χ4n) is 3.20. The maximum atomic E-state index is 13.1. The number of morpholine rings is 1. The number of aromatic nitrogens is 1. The summed E-state index contributed by atoms with van der Waals surface area (Å²) in [6.45, 7) is 3.08. The molecule has 0 spiro atoms. The van der Waals surface area contributed by atoms with Crippen LogP contribution in [0.5, 0.6) is 11.5 Å². The van der Waals surface area contributed by atoms with Crippen molar-refractivity contribution >= 4 is 21.6 Å². The highest BCUT2D eigenvalue weighted by Crippen LogP contribution is 2.33. The molecule has 1 saturated heterocycles. The van der Waals surface area contributed by atoms with Crippen LogP contribution in [-0.4, -0.2) is 49.9 Å². The van der Waals surface area contributed by atoms with Gasteiger partial charge < -0.3 is 14.8 Å². The molecule has 1 fully saturated rings. The molecule has 0 aliphatic carbocycles. The normalized spacial score (nSPS) is 14.7. The number of sulfonamides is 1. The lowest BCUT2D eigenvalue weighted by Gasteiger charge is -2.26. The average Bonchev–Trinajstić information content (AvgIpc) is 2.82. The van der Waals surface area contributed by atoms with Gasteiger partial charge in [0.2, 0.25) is 10.0 Å². The molecule has 1 aromatic heterocycles. The summed E-state index contributed by atoms with van der Waals surface area (Å²) in [7, 11) is -3.75. The van der Waals surface area contributed by atoms with E-state index in [1.165, 1.54) is 22.6 Å². The van der Waals surface area contributed by atoms with E-state index in [0.717, 1.165) is 5.69 Å². The molecule has 8 nitrogen and oxygen atoms in total. The summed E-state index contributed by atoms with van der Waals surface area (Å²) in [6, 6.07) is 16.9. The van der Waals surface area contributed by atoms with Crippen molar-refractivity contribution < 1.29 is 22.7 Å². The molecule has 1 amide bonds. The minimum atomic E-state index is -3.75. The Morgan fingerprint density at radius 2 is 1.81 bits per heavy atom. The zero-order valence-electron chi connectivity index (χ0n) is 17.5. The van der Waals surface area contributed by atoms with Crippen LogP contribution in [0.4, 0.5) is 5.69 Å². The van der Waals surface area contributed by atoms with Crippen molar-refractivity contribution in [2.24, 2.45) is 0 Å². The van der Waals surface area contributed by atoms with Crippen molar-refractivity contribution in [2.75, 3.05) is 31.6 Å². The summed E-state index contributed by atoms with van der Waals surface area (Å²) < 4.78 is 38.8. The monoisotopic (exact) mass is 453 g/mol. The van der Waals surface area contributed by atoms with E-state index in [1.54, 1.807) is 30.3 Å². The molecule has 0 unspecified atom stereocenters. The van der Waals surface area contributed by atoms with Gasteiger partial charge in [0.25, 0.3) is 5.91 Å². The Labute approximate surface area is 186 Å². The fraction of sp³-hybridized carbons (Fsp3) is 0.217. The van der Waals surface area contributed by atoms with Crippen molar-refractivity contribution in [1.82, 2.24) is 9.29 Å². The first kappa shape index (κ1) is 21.9. The van der Waals surface area contributed by atoms with Crippen LogP contribution in [0.25, 0.3) is 0 Å². The van der Waals surface area contributed by atoms with E-state index < -0.39 is 15.9 Å². The van der Waals surface area contributed by atoms with Gasteiger partial charge in [0.05, 0.1) is 29.4 Å². The van der Waals surface area contributed by atoms with Crippen molar-refractivity contribution in [3.05, 3.63) is 78.1 Å². The number of benzene rings is 2. The molecule has 9 heteroatoms. The number of carbonyl (C=O) groups is 1. The first-order valence-electron chi connectivity index (χ1n) is 10.1. The van der Waals surface area contributed by atoms with Gasteiger partial charge in [0.1, 0.15) is 5.75 Å². The summed E-state index contributed by atoms with van der Waals surface area (Å²) in [5.41, 5.74) is 1.38. The van der Waals surface area contributed by atoms with Crippen LogP contribution in [0.15, 0.2) is 71.8 Å². The number of hydrogen-bond donors (Lipinski definition) is 1. The molecule has 0 radical (unpaired) electrons. The van der Waals surface area contributed by atoms with Crippen molar-refractivity contribution in [3.8, 4) is 11.5 Å². The molecule has 0 atom stereocenters. The minimum absolute atomic E-state index is 0.0668. The van der Waals surface area contributed by atoms with Crippen LogP contribution in [0.1, 0.15) is 16.1 Å². The van der Waals surface area contributed by atoms with E-state index in [9.17, 15) is 13.2 Å². The number of rotatable bonds is 6. The predicted molar refractivity (Wildman–Crippen MR) is 119 cm³/mol. The van der Waals surface area contributed by atoms with Gasteiger partial charge in [-0.1, -0.05) is 18.2 Å². The van der Waals surface area contributed by atoms with Crippen LogP contribution >= 0.6 is 0 Å². The van der Waals surface area contributed by atoms with E-state index in [0.29, 0.717) is 30.3 Å². The van der Waals surface area contributed by atoms with E-state index in [4.69, 9.17) is 9.47 Å². The minimum Gasteiger partial charge on any atom is -0.455 e. The number of amides is 1. The zero-order chi connectivity index (χ0) is 22.6. The fourth-order valence-corrected chi connectivity index (χ4v) is 4.64. The zero-order valence-corrected chi connectivity index (χ0v) is 18.3. The van der Waals surface area contributed by atoms with Gasteiger partial charge in [-0.2, -0.15) is 4.31 Å². The smallest absolute Gasteiger partial charge is 0.257 e. The molecule has 4 rings (SSSR count). The summed E-state index contributed by atoms with van der Waals surface area (Å²) in [4.78, 5) is 17.0. The Morgan fingerprint density at radius 3 is 2.50 bits per heavy atom. The quantitative estimate of drug-likeness (QED) is 0.614. The maximum Gasteiger partial charge on any atom is 0.257 e. The summed E-state index contributed by atoms with van der Waals surface area (Å²) in [6.07, 6.45) is 1.47. The molecule has 166 valence electrons.